The summed E-state index contributed by atoms with van der Waals surface area (Å²) in [4.78, 5) is 2.76. The number of rotatable bonds is 6. The first kappa shape index (κ1) is 14.3. The predicted molar refractivity (Wildman–Crippen MR) is 78.9 cm³/mol. The van der Waals surface area contributed by atoms with Crippen molar-refractivity contribution in [3.8, 4) is 0 Å². The van der Waals surface area contributed by atoms with E-state index in [9.17, 15) is 0 Å². The Morgan fingerprint density at radius 1 is 1.06 bits per heavy atom. The van der Waals surface area contributed by atoms with Crippen molar-refractivity contribution in [2.75, 3.05) is 20.1 Å². The van der Waals surface area contributed by atoms with Crippen LogP contribution in [-0.2, 0) is 0 Å². The number of likely N-dealkylation sites (N-methyl/N-ethyl adjacent to an activating group) is 2. The van der Waals surface area contributed by atoms with E-state index >= 15 is 0 Å². The highest BCUT2D eigenvalue weighted by atomic mass is 15.2. The molecule has 2 saturated carbocycles. The third-order valence-corrected chi connectivity index (χ3v) is 5.62. The lowest BCUT2D eigenvalue weighted by molar-refractivity contribution is 0.0430. The molecule has 0 radical (unpaired) electrons. The maximum absolute atomic E-state index is 3.73. The molecule has 0 aromatic rings. The normalized spacial score (nSPS) is 26.0. The van der Waals surface area contributed by atoms with Crippen LogP contribution in [0.4, 0.5) is 0 Å². The van der Waals surface area contributed by atoms with Crippen LogP contribution in [0.1, 0.15) is 65.2 Å². The standard InChI is InChI=1S/C16H32N2/c1-4-18(5-2)16(12-8-9-13-16)15(17-3)14-10-6-7-11-14/h14-15,17H,4-13H2,1-3H3. The smallest absolute Gasteiger partial charge is 0.0364 e. The van der Waals surface area contributed by atoms with Gasteiger partial charge >= 0.3 is 0 Å². The van der Waals surface area contributed by atoms with E-state index in [4.69, 9.17) is 0 Å². The Hall–Kier alpha value is -0.0800. The molecule has 2 aliphatic rings. The lowest BCUT2D eigenvalue weighted by atomic mass is 9.78. The molecule has 2 aliphatic carbocycles. The molecule has 0 bridgehead atoms. The van der Waals surface area contributed by atoms with Crippen molar-refractivity contribution in [3.05, 3.63) is 0 Å². The van der Waals surface area contributed by atoms with Gasteiger partial charge in [-0.15, -0.1) is 0 Å². The molecule has 0 heterocycles. The van der Waals surface area contributed by atoms with E-state index in [0.29, 0.717) is 5.54 Å². The summed E-state index contributed by atoms with van der Waals surface area (Å²) < 4.78 is 0. The second kappa shape index (κ2) is 6.38. The summed E-state index contributed by atoms with van der Waals surface area (Å²) in [7, 11) is 2.20. The van der Waals surface area contributed by atoms with E-state index in [2.05, 4.69) is 31.1 Å². The molecule has 106 valence electrons. The van der Waals surface area contributed by atoms with Crippen LogP contribution in [0.15, 0.2) is 0 Å². The molecule has 0 aliphatic heterocycles. The van der Waals surface area contributed by atoms with Gasteiger partial charge in [-0.3, -0.25) is 4.90 Å². The average Bonchev–Trinajstić information content (AvgIpc) is 3.04. The third kappa shape index (κ3) is 2.46. The molecule has 2 nitrogen and oxygen atoms in total. The van der Waals surface area contributed by atoms with Gasteiger partial charge in [0, 0.05) is 11.6 Å². The molecule has 18 heavy (non-hydrogen) atoms. The molecule has 2 heteroatoms. The average molecular weight is 252 g/mol. The molecule has 0 aromatic carbocycles. The largest absolute Gasteiger partial charge is 0.315 e. The molecule has 0 spiro atoms. The Bertz CT molecular complexity index is 235. The van der Waals surface area contributed by atoms with E-state index in [1.165, 1.54) is 64.5 Å². The summed E-state index contributed by atoms with van der Waals surface area (Å²) in [6.07, 6.45) is 11.5. The Morgan fingerprint density at radius 3 is 2.06 bits per heavy atom. The summed E-state index contributed by atoms with van der Waals surface area (Å²) in [6.45, 7) is 7.10. The van der Waals surface area contributed by atoms with E-state index in [0.717, 1.165) is 12.0 Å². The highest BCUT2D eigenvalue weighted by Gasteiger charge is 2.47. The Kier molecular flexibility index (Phi) is 5.08. The first-order valence-electron chi connectivity index (χ1n) is 8.20. The second-order valence-corrected chi connectivity index (χ2v) is 6.29. The molecule has 2 fully saturated rings. The highest BCUT2D eigenvalue weighted by molar-refractivity contribution is 5.05. The zero-order valence-electron chi connectivity index (χ0n) is 12.7. The molecule has 2 rings (SSSR count). The summed E-state index contributed by atoms with van der Waals surface area (Å²) in [6, 6.07) is 0.724. The highest BCUT2D eigenvalue weighted by Crippen LogP contribution is 2.43. The zero-order chi connectivity index (χ0) is 13.0. The maximum Gasteiger partial charge on any atom is 0.0364 e. The molecule has 1 N–H and O–H groups in total. The van der Waals surface area contributed by atoms with Crippen LogP contribution in [0, 0.1) is 5.92 Å². The van der Waals surface area contributed by atoms with E-state index in [1.807, 2.05) is 0 Å². The van der Waals surface area contributed by atoms with Crippen molar-refractivity contribution < 1.29 is 0 Å². The van der Waals surface area contributed by atoms with Crippen LogP contribution in [-0.4, -0.2) is 36.6 Å². The number of nitrogens with one attached hydrogen (secondary N) is 1. The first-order chi connectivity index (χ1) is 8.78. The molecule has 1 atom stereocenters. The summed E-state index contributed by atoms with van der Waals surface area (Å²) in [5.74, 6) is 0.925. The van der Waals surface area contributed by atoms with Crippen LogP contribution in [0.5, 0.6) is 0 Å². The van der Waals surface area contributed by atoms with Crippen LogP contribution < -0.4 is 5.32 Å². The van der Waals surface area contributed by atoms with Gasteiger partial charge in [0.25, 0.3) is 0 Å². The monoisotopic (exact) mass is 252 g/mol. The molecule has 0 aromatic heterocycles. The fraction of sp³-hybridized carbons (Fsp3) is 1.00. The maximum atomic E-state index is 3.73. The van der Waals surface area contributed by atoms with Gasteiger partial charge in [-0.25, -0.2) is 0 Å². The number of nitrogens with zero attached hydrogens (tertiary/aromatic N) is 1. The minimum atomic E-state index is 0.466. The van der Waals surface area contributed by atoms with Crippen molar-refractivity contribution in [2.24, 2.45) is 5.92 Å². The van der Waals surface area contributed by atoms with Gasteiger partial charge < -0.3 is 5.32 Å². The van der Waals surface area contributed by atoms with Gasteiger partial charge in [-0.05, 0) is 51.7 Å². The van der Waals surface area contributed by atoms with Crippen molar-refractivity contribution in [2.45, 2.75) is 76.8 Å². The van der Waals surface area contributed by atoms with Crippen LogP contribution in [0.25, 0.3) is 0 Å². The van der Waals surface area contributed by atoms with Gasteiger partial charge in [0.2, 0.25) is 0 Å². The number of hydrogen-bond donors (Lipinski definition) is 1. The van der Waals surface area contributed by atoms with Gasteiger partial charge in [0.15, 0.2) is 0 Å². The summed E-state index contributed by atoms with van der Waals surface area (Å²) >= 11 is 0. The molecule has 1 unspecified atom stereocenters. The minimum absolute atomic E-state index is 0.466. The molecule has 0 saturated heterocycles. The van der Waals surface area contributed by atoms with E-state index in [-0.39, 0.29) is 0 Å². The van der Waals surface area contributed by atoms with Gasteiger partial charge in [-0.1, -0.05) is 39.5 Å². The lowest BCUT2D eigenvalue weighted by Crippen LogP contribution is -2.61. The fourth-order valence-electron chi connectivity index (χ4n) is 4.90. The predicted octanol–water partition coefficient (Wildman–Crippen LogP) is 3.42. The van der Waals surface area contributed by atoms with Gasteiger partial charge in [0.05, 0.1) is 0 Å². The van der Waals surface area contributed by atoms with E-state index in [1.54, 1.807) is 0 Å². The molecular weight excluding hydrogens is 220 g/mol. The Morgan fingerprint density at radius 2 is 1.61 bits per heavy atom. The minimum Gasteiger partial charge on any atom is -0.315 e. The van der Waals surface area contributed by atoms with Crippen molar-refractivity contribution in [3.63, 3.8) is 0 Å². The lowest BCUT2D eigenvalue weighted by Gasteiger charge is -2.48. The van der Waals surface area contributed by atoms with Crippen molar-refractivity contribution in [1.82, 2.24) is 10.2 Å². The summed E-state index contributed by atoms with van der Waals surface area (Å²) in [5, 5.41) is 3.73. The van der Waals surface area contributed by atoms with Crippen molar-refractivity contribution in [1.29, 1.82) is 0 Å². The Balaban J connectivity index is 2.20. The van der Waals surface area contributed by atoms with Crippen LogP contribution in [0.3, 0.4) is 0 Å². The third-order valence-electron chi connectivity index (χ3n) is 5.62. The molecule has 0 amide bonds. The van der Waals surface area contributed by atoms with Crippen molar-refractivity contribution >= 4 is 0 Å². The Labute approximate surface area is 114 Å². The van der Waals surface area contributed by atoms with Gasteiger partial charge in [0.1, 0.15) is 0 Å². The van der Waals surface area contributed by atoms with E-state index < -0.39 is 0 Å². The quantitative estimate of drug-likeness (QED) is 0.779. The second-order valence-electron chi connectivity index (χ2n) is 6.29. The van der Waals surface area contributed by atoms with Gasteiger partial charge in [-0.2, -0.15) is 0 Å². The summed E-state index contributed by atoms with van der Waals surface area (Å²) in [5.41, 5.74) is 0.466. The van der Waals surface area contributed by atoms with Crippen LogP contribution in [0.2, 0.25) is 0 Å². The fourth-order valence-corrected chi connectivity index (χ4v) is 4.90. The number of hydrogen-bond acceptors (Lipinski definition) is 2. The first-order valence-corrected chi connectivity index (χ1v) is 8.20. The topological polar surface area (TPSA) is 15.3 Å². The zero-order valence-corrected chi connectivity index (χ0v) is 12.7. The SMILES string of the molecule is CCN(CC)C1(C(NC)C2CCCC2)CCCC1. The molecular formula is C16H32N2. The van der Waals surface area contributed by atoms with Crippen LogP contribution >= 0.6 is 0 Å².